The van der Waals surface area contributed by atoms with Crippen molar-refractivity contribution >= 4 is 34.4 Å². The lowest BCUT2D eigenvalue weighted by molar-refractivity contribution is -0.275. The van der Waals surface area contributed by atoms with Gasteiger partial charge in [-0.2, -0.15) is 0 Å². The van der Waals surface area contributed by atoms with Gasteiger partial charge in [0.05, 0.1) is 0 Å². The lowest BCUT2D eigenvalue weighted by Crippen LogP contribution is -2.49. The SMILES string of the molecule is Cl.O=C1N[C@H](c2cc(Br)ccc2OC(F)(F)F)C(F)(F)CO1. The topological polar surface area (TPSA) is 47.6 Å². The molecule has 1 fully saturated rings. The van der Waals surface area contributed by atoms with E-state index < -0.39 is 42.3 Å². The lowest BCUT2D eigenvalue weighted by atomic mass is 9.99. The number of hydrogen-bond donors (Lipinski definition) is 1. The van der Waals surface area contributed by atoms with Gasteiger partial charge in [0, 0.05) is 10.0 Å². The van der Waals surface area contributed by atoms with Crippen LogP contribution in [0.15, 0.2) is 22.7 Å². The van der Waals surface area contributed by atoms with E-state index in [-0.39, 0.29) is 16.9 Å². The van der Waals surface area contributed by atoms with Gasteiger partial charge in [-0.1, -0.05) is 15.9 Å². The summed E-state index contributed by atoms with van der Waals surface area (Å²) in [5.41, 5.74) is -0.511. The van der Waals surface area contributed by atoms with Crippen LogP contribution in [-0.2, 0) is 4.74 Å². The van der Waals surface area contributed by atoms with Crippen LogP contribution in [0.5, 0.6) is 5.75 Å². The van der Waals surface area contributed by atoms with Crippen LogP contribution in [0, 0.1) is 0 Å². The van der Waals surface area contributed by atoms with Gasteiger partial charge < -0.3 is 14.8 Å². The normalized spacial score (nSPS) is 20.5. The predicted molar refractivity (Wildman–Crippen MR) is 70.2 cm³/mol. The van der Waals surface area contributed by atoms with Crippen molar-refractivity contribution in [2.75, 3.05) is 6.61 Å². The number of nitrogens with one attached hydrogen (secondary N) is 1. The van der Waals surface area contributed by atoms with Crippen molar-refractivity contribution in [3.8, 4) is 5.75 Å². The van der Waals surface area contributed by atoms with E-state index in [1.54, 1.807) is 5.32 Å². The Morgan fingerprint density at radius 2 is 2.00 bits per heavy atom. The van der Waals surface area contributed by atoms with E-state index in [0.29, 0.717) is 0 Å². The minimum absolute atomic E-state index is 0. The summed E-state index contributed by atoms with van der Waals surface area (Å²) in [5.74, 6) is -4.41. The quantitative estimate of drug-likeness (QED) is 0.741. The summed E-state index contributed by atoms with van der Waals surface area (Å²) in [6, 6.07) is 1.10. The molecule has 0 bridgehead atoms. The summed E-state index contributed by atoms with van der Waals surface area (Å²) in [6.45, 7) is -1.23. The molecule has 0 aromatic heterocycles. The molecule has 11 heteroatoms. The van der Waals surface area contributed by atoms with Crippen LogP contribution in [0.1, 0.15) is 11.6 Å². The Morgan fingerprint density at radius 1 is 1.36 bits per heavy atom. The highest BCUT2D eigenvalue weighted by Crippen LogP contribution is 2.41. The minimum atomic E-state index is -5.05. The van der Waals surface area contributed by atoms with Gasteiger partial charge in [0.15, 0.2) is 6.61 Å². The molecule has 124 valence electrons. The number of carbonyl (C=O) groups is 1. The molecule has 1 amide bonds. The van der Waals surface area contributed by atoms with E-state index >= 15 is 0 Å². The van der Waals surface area contributed by atoms with Crippen molar-refractivity contribution in [1.29, 1.82) is 0 Å². The molecule has 1 atom stereocenters. The van der Waals surface area contributed by atoms with Crippen molar-refractivity contribution in [3.05, 3.63) is 28.2 Å². The average Bonchev–Trinajstić information content (AvgIpc) is 2.33. The van der Waals surface area contributed by atoms with E-state index in [1.165, 1.54) is 6.07 Å². The monoisotopic (exact) mass is 411 g/mol. The molecule has 0 unspecified atom stereocenters. The third-order valence-corrected chi connectivity index (χ3v) is 3.08. The average molecular weight is 413 g/mol. The van der Waals surface area contributed by atoms with Crippen molar-refractivity contribution < 1.29 is 36.2 Å². The summed E-state index contributed by atoms with van der Waals surface area (Å²) in [5, 5.41) is 1.80. The van der Waals surface area contributed by atoms with E-state index in [0.717, 1.165) is 12.1 Å². The van der Waals surface area contributed by atoms with Crippen LogP contribution in [0.25, 0.3) is 0 Å². The van der Waals surface area contributed by atoms with Gasteiger partial charge in [-0.3, -0.25) is 0 Å². The molecule has 22 heavy (non-hydrogen) atoms. The van der Waals surface area contributed by atoms with Crippen molar-refractivity contribution in [2.24, 2.45) is 0 Å². The van der Waals surface area contributed by atoms with Crippen LogP contribution >= 0.6 is 28.3 Å². The number of benzene rings is 1. The maximum Gasteiger partial charge on any atom is 0.573 e. The Kier molecular flexibility index (Phi) is 5.50. The zero-order chi connectivity index (χ0) is 15.8. The van der Waals surface area contributed by atoms with Gasteiger partial charge in [-0.25, -0.2) is 13.6 Å². The van der Waals surface area contributed by atoms with Crippen LogP contribution in [0.4, 0.5) is 26.7 Å². The van der Waals surface area contributed by atoms with E-state index in [1.807, 2.05) is 0 Å². The second-order valence-electron chi connectivity index (χ2n) is 4.14. The molecule has 1 aliphatic heterocycles. The summed E-state index contributed by atoms with van der Waals surface area (Å²) in [6.07, 6.45) is -6.20. The fourth-order valence-electron chi connectivity index (χ4n) is 1.78. The van der Waals surface area contributed by atoms with Gasteiger partial charge in [-0.15, -0.1) is 25.6 Å². The Morgan fingerprint density at radius 3 is 2.59 bits per heavy atom. The Hall–Kier alpha value is -1.29. The third kappa shape index (κ3) is 4.35. The standard InChI is InChI=1S/C11H7BrF5NO3.ClH/c12-5-1-2-7(21-11(15,16)17)6(3-5)8-10(13,14)4-20-9(19)18-8;/h1-3,8H,4H2,(H,18,19);1H/t8-;/m1./s1. The molecule has 1 aliphatic rings. The molecular weight excluding hydrogens is 404 g/mol. The number of carbonyl (C=O) groups excluding carboxylic acids is 1. The molecule has 1 aromatic rings. The van der Waals surface area contributed by atoms with Crippen molar-refractivity contribution in [2.45, 2.75) is 18.3 Å². The van der Waals surface area contributed by atoms with Crippen molar-refractivity contribution in [1.82, 2.24) is 5.32 Å². The fourth-order valence-corrected chi connectivity index (χ4v) is 2.16. The number of ether oxygens (including phenoxy) is 2. The van der Waals surface area contributed by atoms with Gasteiger partial charge in [0.25, 0.3) is 0 Å². The van der Waals surface area contributed by atoms with Crippen LogP contribution < -0.4 is 10.1 Å². The first-order valence-corrected chi connectivity index (χ1v) is 6.24. The highest BCUT2D eigenvalue weighted by atomic mass is 79.9. The fraction of sp³-hybridized carbons (Fsp3) is 0.364. The Labute approximate surface area is 135 Å². The molecule has 0 aliphatic carbocycles. The van der Waals surface area contributed by atoms with Gasteiger partial charge in [-0.05, 0) is 18.2 Å². The number of alkyl carbamates (subject to hydrolysis) is 1. The first-order chi connectivity index (χ1) is 9.58. The second-order valence-corrected chi connectivity index (χ2v) is 5.06. The molecule has 2 rings (SSSR count). The smallest absolute Gasteiger partial charge is 0.443 e. The van der Waals surface area contributed by atoms with Crippen LogP contribution in [-0.4, -0.2) is 25.0 Å². The first-order valence-electron chi connectivity index (χ1n) is 5.45. The summed E-state index contributed by atoms with van der Waals surface area (Å²) in [7, 11) is 0. The largest absolute Gasteiger partial charge is 0.573 e. The number of amides is 1. The maximum atomic E-state index is 13.8. The molecule has 1 saturated heterocycles. The van der Waals surface area contributed by atoms with Crippen LogP contribution in [0.3, 0.4) is 0 Å². The number of halogens is 7. The Balaban J connectivity index is 0.00000242. The molecule has 4 nitrogen and oxygen atoms in total. The first kappa shape index (κ1) is 18.8. The van der Waals surface area contributed by atoms with Gasteiger partial charge in [0.2, 0.25) is 0 Å². The molecular formula is C11H8BrClF5NO3. The molecule has 0 radical (unpaired) electrons. The number of alkyl halides is 5. The molecule has 1 heterocycles. The van der Waals surface area contributed by atoms with Crippen LogP contribution in [0.2, 0.25) is 0 Å². The summed E-state index contributed by atoms with van der Waals surface area (Å²) < 4.78 is 72.7. The maximum absolute atomic E-state index is 13.8. The zero-order valence-corrected chi connectivity index (χ0v) is 12.8. The predicted octanol–water partition coefficient (Wildman–Crippen LogP) is 4.19. The lowest BCUT2D eigenvalue weighted by Gasteiger charge is -2.32. The zero-order valence-electron chi connectivity index (χ0n) is 10.4. The van der Waals surface area contributed by atoms with E-state index in [2.05, 4.69) is 25.4 Å². The third-order valence-electron chi connectivity index (χ3n) is 2.59. The highest BCUT2D eigenvalue weighted by molar-refractivity contribution is 9.10. The number of rotatable bonds is 2. The molecule has 1 N–H and O–H groups in total. The summed E-state index contributed by atoms with van der Waals surface area (Å²) in [4.78, 5) is 11.1. The van der Waals surface area contributed by atoms with Gasteiger partial charge >= 0.3 is 18.4 Å². The van der Waals surface area contributed by atoms with Crippen molar-refractivity contribution in [3.63, 3.8) is 0 Å². The molecule has 1 aromatic carbocycles. The molecule has 0 spiro atoms. The van der Waals surface area contributed by atoms with E-state index in [9.17, 15) is 26.7 Å². The second kappa shape index (κ2) is 6.45. The minimum Gasteiger partial charge on any atom is -0.443 e. The number of cyclic esters (lactones) is 1. The Bertz CT molecular complexity index is 569. The number of hydrogen-bond acceptors (Lipinski definition) is 3. The highest BCUT2D eigenvalue weighted by Gasteiger charge is 2.48. The van der Waals surface area contributed by atoms with E-state index in [4.69, 9.17) is 0 Å². The summed E-state index contributed by atoms with van der Waals surface area (Å²) >= 11 is 2.97. The van der Waals surface area contributed by atoms with Gasteiger partial charge in [0.1, 0.15) is 11.8 Å². The molecule has 0 saturated carbocycles.